The highest BCUT2D eigenvalue weighted by Crippen LogP contribution is 2.38. The molecular formula is C68H119N2O7P. The second-order valence-corrected chi connectivity index (χ2v) is 23.6. The SMILES string of the molecule is CC/C=C\C/C=C\C/C=C\C/C=C\C/C=C\C/C=C\CCCCCCC(=O)OC(/C=C\CCCCCCCCCCCC)C(COP(=O)([O-])OCC[N+](C)(C)C)NC(=O)CCCCCCCCC/C=C\C/C=C\CCCCC. The number of unbranched alkanes of at least 4 members (excludes halogenated alkanes) is 24. The molecule has 0 radical (unpaired) electrons. The molecule has 0 aromatic rings. The molecule has 0 fully saturated rings. The first-order chi connectivity index (χ1) is 37.9. The summed E-state index contributed by atoms with van der Waals surface area (Å²) in [5, 5.41) is 3.02. The molecule has 10 heteroatoms. The first-order valence-electron chi connectivity index (χ1n) is 31.7. The van der Waals surface area contributed by atoms with Crippen molar-refractivity contribution in [3.63, 3.8) is 0 Å². The lowest BCUT2D eigenvalue weighted by molar-refractivity contribution is -0.870. The molecule has 3 atom stereocenters. The van der Waals surface area contributed by atoms with Crippen LogP contribution in [-0.4, -0.2) is 69.4 Å². The number of hydrogen-bond donors (Lipinski definition) is 1. The molecule has 0 saturated heterocycles. The fraction of sp³-hybridized carbons (Fsp3) is 0.706. The standard InChI is InChI=1S/C68H119N2O7P/c1-7-10-13-16-19-22-25-28-30-32-33-34-35-36-37-39-41-43-46-49-52-55-58-61-68(72)77-66(59-56-53-50-47-44-27-24-21-18-15-12-9-3)65(64-76-78(73,74)75-63-62-70(4,5)6)69-67(71)60-57-54-51-48-45-42-40-38-31-29-26-23-20-17-14-11-8-2/h10,13,19-20,22-23,28-31,33-34,36-37,41,43,56,59,65-66H,7-9,11-12,14-18,21,24-27,32,35,38-40,42,44-55,57-58,60-64H2,1-6H3,(H-,69,71,73,74)/b13-10-,22-19-,23-20-,30-28-,31-29-,34-33-,37-36-,43-41-,59-56-. The van der Waals surface area contributed by atoms with Crippen LogP contribution in [0, 0.1) is 0 Å². The van der Waals surface area contributed by atoms with Gasteiger partial charge in [-0.1, -0.05) is 240 Å². The van der Waals surface area contributed by atoms with Crippen LogP contribution in [0.1, 0.15) is 258 Å². The number of nitrogens with one attached hydrogen (secondary N) is 1. The summed E-state index contributed by atoms with van der Waals surface area (Å²) < 4.78 is 30.3. The fourth-order valence-corrected chi connectivity index (χ4v) is 9.28. The highest BCUT2D eigenvalue weighted by Gasteiger charge is 2.27. The highest BCUT2D eigenvalue weighted by atomic mass is 31.2. The summed E-state index contributed by atoms with van der Waals surface area (Å²) in [6, 6.07) is -0.910. The molecule has 0 aromatic heterocycles. The van der Waals surface area contributed by atoms with Crippen LogP contribution in [0.3, 0.4) is 0 Å². The Balaban J connectivity index is 5.30. The van der Waals surface area contributed by atoms with Gasteiger partial charge in [0.05, 0.1) is 33.8 Å². The van der Waals surface area contributed by atoms with Crippen molar-refractivity contribution in [2.45, 2.75) is 270 Å². The lowest BCUT2D eigenvalue weighted by atomic mass is 10.0. The van der Waals surface area contributed by atoms with Crippen molar-refractivity contribution in [3.8, 4) is 0 Å². The highest BCUT2D eigenvalue weighted by molar-refractivity contribution is 7.45. The lowest BCUT2D eigenvalue weighted by Crippen LogP contribution is -2.47. The van der Waals surface area contributed by atoms with E-state index in [0.29, 0.717) is 23.9 Å². The van der Waals surface area contributed by atoms with Crippen LogP contribution in [0.25, 0.3) is 0 Å². The maximum atomic E-state index is 13.5. The molecule has 0 heterocycles. The van der Waals surface area contributed by atoms with E-state index in [2.05, 4.69) is 123 Å². The zero-order chi connectivity index (χ0) is 57.2. The van der Waals surface area contributed by atoms with Gasteiger partial charge >= 0.3 is 5.97 Å². The van der Waals surface area contributed by atoms with Gasteiger partial charge in [-0.3, -0.25) is 14.2 Å². The fourth-order valence-electron chi connectivity index (χ4n) is 8.55. The largest absolute Gasteiger partial charge is 0.756 e. The van der Waals surface area contributed by atoms with Gasteiger partial charge in [-0.15, -0.1) is 0 Å². The number of likely N-dealkylation sites (N-methyl/N-ethyl adjacent to an activating group) is 1. The van der Waals surface area contributed by atoms with Crippen molar-refractivity contribution in [2.75, 3.05) is 40.9 Å². The number of quaternary nitrogens is 1. The van der Waals surface area contributed by atoms with E-state index in [1.165, 1.54) is 96.3 Å². The van der Waals surface area contributed by atoms with Gasteiger partial charge in [-0.05, 0) is 115 Å². The maximum absolute atomic E-state index is 13.5. The molecule has 0 aliphatic carbocycles. The van der Waals surface area contributed by atoms with Crippen LogP contribution in [0.2, 0.25) is 0 Å². The number of ether oxygens (including phenoxy) is 1. The smallest absolute Gasteiger partial charge is 0.306 e. The molecule has 1 N–H and O–H groups in total. The van der Waals surface area contributed by atoms with Gasteiger partial charge in [0.15, 0.2) is 0 Å². The molecule has 0 aliphatic heterocycles. The Bertz CT molecular complexity index is 1700. The Labute approximate surface area is 481 Å². The van der Waals surface area contributed by atoms with E-state index in [1.54, 1.807) is 0 Å². The molecule has 9 nitrogen and oxygen atoms in total. The minimum atomic E-state index is -4.71. The summed E-state index contributed by atoms with van der Waals surface area (Å²) in [4.78, 5) is 40.0. The number of phosphoric ester groups is 1. The number of nitrogens with zero attached hydrogens (tertiary/aromatic N) is 1. The predicted molar refractivity (Wildman–Crippen MR) is 334 cm³/mol. The molecule has 0 bridgehead atoms. The average Bonchev–Trinajstić information content (AvgIpc) is 3.40. The van der Waals surface area contributed by atoms with Crippen molar-refractivity contribution in [1.29, 1.82) is 0 Å². The van der Waals surface area contributed by atoms with Crippen LogP contribution in [0.5, 0.6) is 0 Å². The summed E-state index contributed by atoms with van der Waals surface area (Å²) in [6.07, 6.45) is 77.6. The molecule has 0 spiro atoms. The third-order valence-corrected chi connectivity index (χ3v) is 14.4. The molecular weight excluding hydrogens is 988 g/mol. The van der Waals surface area contributed by atoms with Gasteiger partial charge in [0, 0.05) is 12.8 Å². The summed E-state index contributed by atoms with van der Waals surface area (Å²) >= 11 is 0. The first-order valence-corrected chi connectivity index (χ1v) is 33.2. The Morgan fingerprint density at radius 2 is 0.821 bits per heavy atom. The van der Waals surface area contributed by atoms with E-state index in [4.69, 9.17) is 13.8 Å². The first kappa shape index (κ1) is 74.7. The third kappa shape index (κ3) is 57.4. The Morgan fingerprint density at radius 3 is 1.26 bits per heavy atom. The van der Waals surface area contributed by atoms with E-state index < -0.39 is 26.6 Å². The quantitative estimate of drug-likeness (QED) is 0.0212. The number of carbonyl (C=O) groups is 2. The van der Waals surface area contributed by atoms with Gasteiger partial charge in [-0.25, -0.2) is 0 Å². The molecule has 0 saturated carbocycles. The second kappa shape index (κ2) is 56.9. The minimum Gasteiger partial charge on any atom is -0.756 e. The van der Waals surface area contributed by atoms with Crippen molar-refractivity contribution < 1.29 is 37.3 Å². The Kier molecular flexibility index (Phi) is 54.5. The summed E-state index contributed by atoms with van der Waals surface area (Å²) in [6.45, 7) is 6.67. The molecule has 78 heavy (non-hydrogen) atoms. The van der Waals surface area contributed by atoms with Gasteiger partial charge in [0.25, 0.3) is 7.82 Å². The minimum absolute atomic E-state index is 0.0337. The van der Waals surface area contributed by atoms with E-state index in [1.807, 2.05) is 33.3 Å². The van der Waals surface area contributed by atoms with E-state index in [-0.39, 0.29) is 24.9 Å². The molecule has 0 aliphatic rings. The van der Waals surface area contributed by atoms with Crippen molar-refractivity contribution in [2.24, 2.45) is 0 Å². The van der Waals surface area contributed by atoms with Crippen LogP contribution >= 0.6 is 7.82 Å². The summed E-state index contributed by atoms with van der Waals surface area (Å²) in [7, 11) is 1.15. The van der Waals surface area contributed by atoms with Gasteiger partial charge in [-0.2, -0.15) is 0 Å². The monoisotopic (exact) mass is 1110 g/mol. The predicted octanol–water partition coefficient (Wildman–Crippen LogP) is 19.1. The number of hydrogen-bond acceptors (Lipinski definition) is 7. The summed E-state index contributed by atoms with van der Waals surface area (Å²) in [5.41, 5.74) is 0. The van der Waals surface area contributed by atoms with Gasteiger partial charge in [0.1, 0.15) is 19.3 Å². The average molecular weight is 1110 g/mol. The molecule has 448 valence electrons. The van der Waals surface area contributed by atoms with Gasteiger partial charge in [0.2, 0.25) is 5.91 Å². The molecule has 1 amide bonds. The lowest BCUT2D eigenvalue weighted by Gasteiger charge is -2.30. The number of allylic oxidation sites excluding steroid dienone is 17. The van der Waals surface area contributed by atoms with E-state index >= 15 is 0 Å². The number of esters is 1. The van der Waals surface area contributed by atoms with Crippen LogP contribution < -0.4 is 10.2 Å². The molecule has 3 unspecified atom stereocenters. The number of carbonyl (C=O) groups excluding carboxylic acids is 2. The topological polar surface area (TPSA) is 114 Å². The van der Waals surface area contributed by atoms with Crippen molar-refractivity contribution >= 4 is 19.7 Å². The maximum Gasteiger partial charge on any atom is 0.306 e. The molecule has 0 aromatic carbocycles. The third-order valence-electron chi connectivity index (χ3n) is 13.4. The van der Waals surface area contributed by atoms with Crippen molar-refractivity contribution in [3.05, 3.63) is 109 Å². The number of rotatable bonds is 56. The van der Waals surface area contributed by atoms with Crippen molar-refractivity contribution in [1.82, 2.24) is 5.32 Å². The molecule has 0 rings (SSSR count). The van der Waals surface area contributed by atoms with Crippen LogP contribution in [-0.2, 0) is 27.9 Å². The normalized spacial score (nSPS) is 14.4. The number of phosphoric acid groups is 1. The summed E-state index contributed by atoms with van der Waals surface area (Å²) in [5.74, 6) is -0.584. The van der Waals surface area contributed by atoms with Crippen LogP contribution in [0.15, 0.2) is 109 Å². The zero-order valence-corrected chi connectivity index (χ0v) is 52.0. The van der Waals surface area contributed by atoms with E-state index in [9.17, 15) is 19.0 Å². The number of amides is 1. The Morgan fingerprint density at radius 1 is 0.462 bits per heavy atom. The zero-order valence-electron chi connectivity index (χ0n) is 51.1. The van der Waals surface area contributed by atoms with Crippen LogP contribution in [0.4, 0.5) is 0 Å². The second-order valence-electron chi connectivity index (χ2n) is 22.2. The van der Waals surface area contributed by atoms with E-state index in [0.717, 1.165) is 122 Å². The van der Waals surface area contributed by atoms with Gasteiger partial charge < -0.3 is 28.5 Å². The Hall–Kier alpha value is -3.33.